The molecule has 6 atom stereocenters. The zero-order chi connectivity index (χ0) is 14.8. The number of fused-ring (bicyclic) bond motifs is 5. The molecule has 1 nitrogen and oxygen atoms in total. The van der Waals surface area contributed by atoms with Crippen molar-refractivity contribution in [2.24, 2.45) is 28.6 Å². The van der Waals surface area contributed by atoms with E-state index in [2.05, 4.69) is 32.9 Å². The van der Waals surface area contributed by atoms with E-state index in [4.69, 9.17) is 0 Å². The lowest BCUT2D eigenvalue weighted by atomic mass is 9.47. The molecule has 21 heavy (non-hydrogen) atoms. The van der Waals surface area contributed by atoms with Crippen LogP contribution in [0.3, 0.4) is 0 Å². The Labute approximate surface area is 129 Å². The standard InChI is InChI=1S/C20H30O/c1-13-4-7-17-16-6-5-14-12-15(21)8-10-20(14,3)18(16)9-11-19(13,17)2/h4-5,15-18,21H,6-12H2,1-3H3/t15?,16-,17-,18-,19+,20-/m0/s1. The van der Waals surface area contributed by atoms with Crippen LogP contribution in [0.25, 0.3) is 0 Å². The van der Waals surface area contributed by atoms with Gasteiger partial charge in [-0.1, -0.05) is 37.1 Å². The average Bonchev–Trinajstić information content (AvgIpc) is 2.76. The second-order valence-corrected chi connectivity index (χ2v) is 8.73. The van der Waals surface area contributed by atoms with Gasteiger partial charge in [-0.25, -0.2) is 0 Å². The second kappa shape index (κ2) is 4.47. The van der Waals surface area contributed by atoms with Crippen molar-refractivity contribution in [3.63, 3.8) is 0 Å². The Hall–Kier alpha value is -0.560. The van der Waals surface area contributed by atoms with E-state index >= 15 is 0 Å². The summed E-state index contributed by atoms with van der Waals surface area (Å²) in [6.45, 7) is 7.40. The van der Waals surface area contributed by atoms with Crippen molar-refractivity contribution in [3.8, 4) is 0 Å². The predicted molar refractivity (Wildman–Crippen MR) is 86.8 cm³/mol. The molecule has 0 heterocycles. The fraction of sp³-hybridized carbons (Fsp3) is 0.800. The first-order chi connectivity index (χ1) is 9.95. The molecular formula is C20H30O. The van der Waals surface area contributed by atoms with E-state index < -0.39 is 0 Å². The number of hydrogen-bond acceptors (Lipinski definition) is 1. The van der Waals surface area contributed by atoms with E-state index in [1.54, 1.807) is 11.1 Å². The number of hydrogen-bond donors (Lipinski definition) is 1. The van der Waals surface area contributed by atoms with Crippen molar-refractivity contribution in [2.45, 2.75) is 71.8 Å². The fourth-order valence-corrected chi connectivity index (χ4v) is 6.42. The van der Waals surface area contributed by atoms with Gasteiger partial charge in [0.25, 0.3) is 0 Å². The molecular weight excluding hydrogens is 256 g/mol. The number of aliphatic hydroxyl groups excluding tert-OH is 1. The zero-order valence-corrected chi connectivity index (χ0v) is 13.9. The van der Waals surface area contributed by atoms with Crippen LogP contribution in [0.4, 0.5) is 0 Å². The smallest absolute Gasteiger partial charge is 0.0577 e. The van der Waals surface area contributed by atoms with Crippen molar-refractivity contribution in [2.75, 3.05) is 0 Å². The molecule has 0 aromatic rings. The summed E-state index contributed by atoms with van der Waals surface area (Å²) < 4.78 is 0. The highest BCUT2D eigenvalue weighted by Gasteiger charge is 2.55. The molecule has 0 amide bonds. The maximum Gasteiger partial charge on any atom is 0.0577 e. The zero-order valence-electron chi connectivity index (χ0n) is 13.9. The van der Waals surface area contributed by atoms with Crippen molar-refractivity contribution in [1.29, 1.82) is 0 Å². The van der Waals surface area contributed by atoms with Gasteiger partial charge in [0.1, 0.15) is 0 Å². The molecule has 0 saturated heterocycles. The van der Waals surface area contributed by atoms with Crippen molar-refractivity contribution < 1.29 is 5.11 Å². The van der Waals surface area contributed by atoms with Gasteiger partial charge in [-0.05, 0) is 80.5 Å². The SMILES string of the molecule is CC1=CC[C@H]2[C@@H]3CC=C4CC(O)CC[C@]4(C)[C@H]3CC[C@]12C. The Morgan fingerprint density at radius 1 is 1.00 bits per heavy atom. The van der Waals surface area contributed by atoms with Gasteiger partial charge in [0, 0.05) is 0 Å². The Kier molecular flexibility index (Phi) is 2.99. The maximum absolute atomic E-state index is 10.0. The first-order valence-corrected chi connectivity index (χ1v) is 9.00. The molecule has 1 unspecified atom stereocenters. The van der Waals surface area contributed by atoms with Gasteiger partial charge in [-0.3, -0.25) is 0 Å². The highest BCUT2D eigenvalue weighted by molar-refractivity contribution is 5.29. The molecule has 0 spiro atoms. The summed E-state index contributed by atoms with van der Waals surface area (Å²) in [5.41, 5.74) is 4.12. The quantitative estimate of drug-likeness (QED) is 0.630. The van der Waals surface area contributed by atoms with Crippen LogP contribution in [0.2, 0.25) is 0 Å². The lowest BCUT2D eigenvalue weighted by molar-refractivity contribution is -0.0293. The number of allylic oxidation sites excluding steroid dienone is 3. The van der Waals surface area contributed by atoms with Crippen LogP contribution in [0.15, 0.2) is 23.3 Å². The van der Waals surface area contributed by atoms with Gasteiger partial charge < -0.3 is 5.11 Å². The van der Waals surface area contributed by atoms with Crippen LogP contribution < -0.4 is 0 Å². The molecule has 0 aromatic heterocycles. The van der Waals surface area contributed by atoms with Gasteiger partial charge in [0.05, 0.1) is 6.10 Å². The molecule has 0 aliphatic heterocycles. The Balaban J connectivity index is 1.68. The second-order valence-electron chi connectivity index (χ2n) is 8.73. The van der Waals surface area contributed by atoms with E-state index in [9.17, 15) is 5.11 Å². The minimum atomic E-state index is -0.0786. The average molecular weight is 286 g/mol. The minimum absolute atomic E-state index is 0.0786. The Morgan fingerprint density at radius 3 is 2.57 bits per heavy atom. The van der Waals surface area contributed by atoms with Crippen molar-refractivity contribution >= 4 is 0 Å². The lowest BCUT2D eigenvalue weighted by Gasteiger charge is -2.57. The first-order valence-electron chi connectivity index (χ1n) is 9.00. The molecule has 4 rings (SSSR count). The van der Waals surface area contributed by atoms with Gasteiger partial charge in [0.2, 0.25) is 0 Å². The largest absolute Gasteiger partial charge is 0.393 e. The highest BCUT2D eigenvalue weighted by atomic mass is 16.3. The molecule has 1 heteroatoms. The molecule has 0 bridgehead atoms. The van der Waals surface area contributed by atoms with E-state index in [1.807, 2.05) is 0 Å². The fourth-order valence-electron chi connectivity index (χ4n) is 6.42. The normalized spacial score (nSPS) is 52.4. The molecule has 2 saturated carbocycles. The molecule has 2 fully saturated rings. The van der Waals surface area contributed by atoms with Crippen molar-refractivity contribution in [3.05, 3.63) is 23.3 Å². The van der Waals surface area contributed by atoms with Crippen LogP contribution in [-0.4, -0.2) is 11.2 Å². The van der Waals surface area contributed by atoms with E-state index in [0.717, 1.165) is 30.6 Å². The first kappa shape index (κ1) is 14.1. The monoisotopic (exact) mass is 286 g/mol. The molecule has 0 radical (unpaired) electrons. The van der Waals surface area contributed by atoms with Crippen LogP contribution in [0, 0.1) is 28.6 Å². The third-order valence-corrected chi connectivity index (χ3v) is 8.05. The predicted octanol–water partition coefficient (Wildman–Crippen LogP) is 4.87. The molecule has 1 N–H and O–H groups in total. The minimum Gasteiger partial charge on any atom is -0.393 e. The lowest BCUT2D eigenvalue weighted by Crippen LogP contribution is -2.49. The number of aliphatic hydroxyl groups is 1. The third kappa shape index (κ3) is 1.79. The van der Waals surface area contributed by atoms with Gasteiger partial charge in [-0.2, -0.15) is 0 Å². The van der Waals surface area contributed by atoms with E-state index in [0.29, 0.717) is 10.8 Å². The summed E-state index contributed by atoms with van der Waals surface area (Å²) in [6, 6.07) is 0. The topological polar surface area (TPSA) is 20.2 Å². The molecule has 0 aromatic carbocycles. The highest BCUT2D eigenvalue weighted by Crippen LogP contribution is 2.64. The maximum atomic E-state index is 10.0. The molecule has 4 aliphatic rings. The van der Waals surface area contributed by atoms with Gasteiger partial charge in [-0.15, -0.1) is 0 Å². The summed E-state index contributed by atoms with van der Waals surface area (Å²) in [7, 11) is 0. The summed E-state index contributed by atoms with van der Waals surface area (Å²) in [5, 5.41) is 10.0. The molecule has 4 aliphatic carbocycles. The van der Waals surface area contributed by atoms with Crippen LogP contribution in [0.1, 0.15) is 65.7 Å². The van der Waals surface area contributed by atoms with Gasteiger partial charge in [0.15, 0.2) is 0 Å². The summed E-state index contributed by atoms with van der Waals surface area (Å²) in [4.78, 5) is 0. The third-order valence-electron chi connectivity index (χ3n) is 8.05. The van der Waals surface area contributed by atoms with Crippen LogP contribution in [0.5, 0.6) is 0 Å². The van der Waals surface area contributed by atoms with E-state index in [1.165, 1.54) is 32.1 Å². The number of rotatable bonds is 0. The summed E-state index contributed by atoms with van der Waals surface area (Å²) >= 11 is 0. The summed E-state index contributed by atoms with van der Waals surface area (Å²) in [5.74, 6) is 2.61. The molecule has 116 valence electrons. The van der Waals surface area contributed by atoms with Crippen LogP contribution >= 0.6 is 0 Å². The Morgan fingerprint density at radius 2 is 1.76 bits per heavy atom. The van der Waals surface area contributed by atoms with Gasteiger partial charge >= 0.3 is 0 Å². The van der Waals surface area contributed by atoms with E-state index in [-0.39, 0.29) is 6.10 Å². The van der Waals surface area contributed by atoms with Crippen molar-refractivity contribution in [1.82, 2.24) is 0 Å². The van der Waals surface area contributed by atoms with Crippen LogP contribution in [-0.2, 0) is 0 Å². The Bertz CT molecular complexity index is 516. The summed E-state index contributed by atoms with van der Waals surface area (Å²) in [6.07, 6.45) is 13.5.